The van der Waals surface area contributed by atoms with E-state index in [2.05, 4.69) is 10.2 Å². The topological polar surface area (TPSA) is 61.9 Å². The molecular formula is C22H25F2N3O3. The Labute approximate surface area is 174 Å². The van der Waals surface area contributed by atoms with E-state index >= 15 is 0 Å². The lowest BCUT2D eigenvalue weighted by Crippen LogP contribution is -2.48. The molecule has 0 atom stereocenters. The number of amides is 2. The molecule has 6 nitrogen and oxygen atoms in total. The summed E-state index contributed by atoms with van der Waals surface area (Å²) in [4.78, 5) is 28.4. The fraction of sp³-hybridized carbons (Fsp3) is 0.364. The number of ether oxygens (including phenoxy) is 1. The first-order valence-corrected chi connectivity index (χ1v) is 9.83. The van der Waals surface area contributed by atoms with Crippen molar-refractivity contribution in [2.75, 3.05) is 39.8 Å². The number of para-hydroxylation sites is 1. The number of rotatable bonds is 7. The van der Waals surface area contributed by atoms with Crippen LogP contribution in [0.3, 0.4) is 0 Å². The van der Waals surface area contributed by atoms with Gasteiger partial charge in [-0.2, -0.15) is 0 Å². The number of methoxy groups -OCH3 is 1. The van der Waals surface area contributed by atoms with Crippen molar-refractivity contribution in [3.8, 4) is 5.75 Å². The van der Waals surface area contributed by atoms with Gasteiger partial charge in [-0.1, -0.05) is 18.2 Å². The van der Waals surface area contributed by atoms with E-state index in [0.29, 0.717) is 19.2 Å². The van der Waals surface area contributed by atoms with Gasteiger partial charge in [0.2, 0.25) is 5.91 Å². The Morgan fingerprint density at radius 1 is 1.07 bits per heavy atom. The maximum Gasteiger partial charge on any atom is 0.254 e. The summed E-state index contributed by atoms with van der Waals surface area (Å²) in [6.45, 7) is 3.55. The molecule has 0 bridgehead atoms. The molecule has 1 N–H and O–H groups in total. The molecule has 1 saturated heterocycles. The summed E-state index contributed by atoms with van der Waals surface area (Å²) < 4.78 is 31.9. The summed E-state index contributed by atoms with van der Waals surface area (Å²) in [6.07, 6.45) is 0.126. The highest BCUT2D eigenvalue weighted by atomic mass is 19.1. The molecule has 8 heteroatoms. The molecule has 0 spiro atoms. The van der Waals surface area contributed by atoms with Crippen LogP contribution in [-0.4, -0.2) is 61.4 Å². The lowest BCUT2D eigenvalue weighted by Gasteiger charge is -2.35. The van der Waals surface area contributed by atoms with Gasteiger partial charge in [0, 0.05) is 57.3 Å². The van der Waals surface area contributed by atoms with E-state index in [4.69, 9.17) is 4.74 Å². The Morgan fingerprint density at radius 2 is 1.80 bits per heavy atom. The van der Waals surface area contributed by atoms with Gasteiger partial charge in [-0.3, -0.25) is 14.5 Å². The smallest absolute Gasteiger partial charge is 0.254 e. The number of carbonyl (C=O) groups is 2. The average molecular weight is 417 g/mol. The van der Waals surface area contributed by atoms with Crippen molar-refractivity contribution in [3.63, 3.8) is 0 Å². The largest absolute Gasteiger partial charge is 0.496 e. The maximum absolute atomic E-state index is 13.6. The highest BCUT2D eigenvalue weighted by Crippen LogP contribution is 2.20. The number of hydrogen-bond donors (Lipinski definition) is 1. The number of carbonyl (C=O) groups excluding carboxylic acids is 2. The molecule has 2 amide bonds. The van der Waals surface area contributed by atoms with Gasteiger partial charge in [-0.15, -0.1) is 0 Å². The summed E-state index contributed by atoms with van der Waals surface area (Å²) in [7, 11) is 1.65. The van der Waals surface area contributed by atoms with Crippen LogP contribution in [0.4, 0.5) is 8.78 Å². The normalized spacial score (nSPS) is 14.4. The summed E-state index contributed by atoms with van der Waals surface area (Å²) in [5.41, 5.74) is 0.865. The Bertz CT molecular complexity index is 899. The predicted molar refractivity (Wildman–Crippen MR) is 108 cm³/mol. The first-order valence-electron chi connectivity index (χ1n) is 9.83. The van der Waals surface area contributed by atoms with Gasteiger partial charge in [0.05, 0.1) is 12.7 Å². The van der Waals surface area contributed by atoms with Crippen LogP contribution in [0.25, 0.3) is 0 Å². The minimum absolute atomic E-state index is 0.0631. The zero-order valence-electron chi connectivity index (χ0n) is 16.9. The van der Waals surface area contributed by atoms with Gasteiger partial charge < -0.3 is 15.0 Å². The van der Waals surface area contributed by atoms with Crippen molar-refractivity contribution in [3.05, 3.63) is 65.2 Å². The Kier molecular flexibility index (Phi) is 7.35. The first kappa shape index (κ1) is 21.7. The highest BCUT2D eigenvalue weighted by molar-refractivity contribution is 5.94. The second kappa shape index (κ2) is 10.2. The molecule has 0 aliphatic carbocycles. The van der Waals surface area contributed by atoms with Gasteiger partial charge in [-0.25, -0.2) is 8.78 Å². The molecule has 1 aliphatic heterocycles. The fourth-order valence-electron chi connectivity index (χ4n) is 3.44. The Morgan fingerprint density at radius 3 is 2.50 bits per heavy atom. The SMILES string of the molecule is COc1ccccc1CN1CCN(C(=O)CCNC(=O)c2ccc(F)cc2F)CC1. The second-order valence-electron chi connectivity index (χ2n) is 7.10. The zero-order valence-corrected chi connectivity index (χ0v) is 16.9. The van der Waals surface area contributed by atoms with E-state index in [-0.39, 0.29) is 24.4 Å². The summed E-state index contributed by atoms with van der Waals surface area (Å²) in [6, 6.07) is 10.6. The fourth-order valence-corrected chi connectivity index (χ4v) is 3.44. The van der Waals surface area contributed by atoms with Crippen LogP contribution < -0.4 is 10.1 Å². The number of nitrogens with one attached hydrogen (secondary N) is 1. The van der Waals surface area contributed by atoms with Crippen molar-refractivity contribution in [1.29, 1.82) is 0 Å². The lowest BCUT2D eigenvalue weighted by atomic mass is 10.1. The lowest BCUT2D eigenvalue weighted by molar-refractivity contribution is -0.132. The van der Waals surface area contributed by atoms with E-state index in [1.807, 2.05) is 24.3 Å². The molecule has 0 saturated carbocycles. The molecule has 0 aromatic heterocycles. The van der Waals surface area contributed by atoms with E-state index in [1.54, 1.807) is 12.0 Å². The number of benzene rings is 2. The van der Waals surface area contributed by atoms with E-state index in [0.717, 1.165) is 43.1 Å². The minimum atomic E-state index is -0.926. The molecule has 0 unspecified atom stereocenters. The molecule has 0 radical (unpaired) electrons. The molecule has 3 rings (SSSR count). The van der Waals surface area contributed by atoms with Crippen molar-refractivity contribution in [1.82, 2.24) is 15.1 Å². The monoisotopic (exact) mass is 417 g/mol. The van der Waals surface area contributed by atoms with Crippen molar-refractivity contribution >= 4 is 11.8 Å². The van der Waals surface area contributed by atoms with Crippen molar-refractivity contribution in [2.45, 2.75) is 13.0 Å². The van der Waals surface area contributed by atoms with Crippen LogP contribution in [-0.2, 0) is 11.3 Å². The number of piperazine rings is 1. The van der Waals surface area contributed by atoms with Gasteiger partial charge in [0.15, 0.2) is 0 Å². The molecule has 2 aromatic rings. The molecule has 1 aliphatic rings. The third-order valence-electron chi connectivity index (χ3n) is 5.11. The average Bonchev–Trinajstić information content (AvgIpc) is 2.74. The van der Waals surface area contributed by atoms with E-state index < -0.39 is 17.5 Å². The van der Waals surface area contributed by atoms with Crippen LogP contribution in [0.15, 0.2) is 42.5 Å². The Balaban J connectivity index is 1.41. The molecular weight excluding hydrogens is 392 g/mol. The summed E-state index contributed by atoms with van der Waals surface area (Å²) in [5.74, 6) is -1.55. The maximum atomic E-state index is 13.6. The van der Waals surface area contributed by atoms with E-state index in [9.17, 15) is 18.4 Å². The van der Waals surface area contributed by atoms with Crippen LogP contribution >= 0.6 is 0 Å². The van der Waals surface area contributed by atoms with Gasteiger partial charge in [0.1, 0.15) is 17.4 Å². The third kappa shape index (κ3) is 5.54. The second-order valence-corrected chi connectivity index (χ2v) is 7.10. The molecule has 2 aromatic carbocycles. The quantitative estimate of drug-likeness (QED) is 0.752. The third-order valence-corrected chi connectivity index (χ3v) is 5.11. The standard InChI is InChI=1S/C22H25F2N3O3/c1-30-20-5-3-2-4-16(20)15-26-10-12-27(13-11-26)21(28)8-9-25-22(29)18-7-6-17(23)14-19(18)24/h2-7,14H,8-13,15H2,1H3,(H,25,29). The Hall–Kier alpha value is -3.00. The van der Waals surface area contributed by atoms with Crippen molar-refractivity contribution < 1.29 is 23.1 Å². The van der Waals surface area contributed by atoms with Gasteiger partial charge in [-0.05, 0) is 18.2 Å². The van der Waals surface area contributed by atoms with Crippen LogP contribution in [0.1, 0.15) is 22.3 Å². The first-order chi connectivity index (χ1) is 14.5. The molecule has 1 heterocycles. The number of hydrogen-bond acceptors (Lipinski definition) is 4. The van der Waals surface area contributed by atoms with Gasteiger partial charge in [0.25, 0.3) is 5.91 Å². The molecule has 1 fully saturated rings. The van der Waals surface area contributed by atoms with Crippen LogP contribution in [0.2, 0.25) is 0 Å². The van der Waals surface area contributed by atoms with E-state index in [1.165, 1.54) is 0 Å². The number of halogens is 2. The zero-order chi connectivity index (χ0) is 21.5. The van der Waals surface area contributed by atoms with Gasteiger partial charge >= 0.3 is 0 Å². The summed E-state index contributed by atoms with van der Waals surface area (Å²) >= 11 is 0. The highest BCUT2D eigenvalue weighted by Gasteiger charge is 2.22. The van der Waals surface area contributed by atoms with Crippen LogP contribution in [0.5, 0.6) is 5.75 Å². The van der Waals surface area contributed by atoms with Crippen molar-refractivity contribution in [2.24, 2.45) is 0 Å². The summed E-state index contributed by atoms with van der Waals surface area (Å²) in [5, 5.41) is 2.51. The molecule has 160 valence electrons. The number of nitrogens with zero attached hydrogens (tertiary/aromatic N) is 2. The van der Waals surface area contributed by atoms with Crippen LogP contribution in [0, 0.1) is 11.6 Å². The minimum Gasteiger partial charge on any atom is -0.496 e. The predicted octanol–water partition coefficient (Wildman–Crippen LogP) is 2.44. The molecule has 30 heavy (non-hydrogen) atoms.